The molecule has 1 heterocycles. The van der Waals surface area contributed by atoms with Crippen LogP contribution in [0.1, 0.15) is 17.0 Å². The average molecular weight is 268 g/mol. The summed E-state index contributed by atoms with van der Waals surface area (Å²) in [6.45, 7) is 2.68. The molecular formula is C16H16N2O2. The molecule has 2 N–H and O–H groups in total. The molecule has 0 fully saturated rings. The molecule has 2 aromatic carbocycles. The Bertz CT molecular complexity index is 734. The summed E-state index contributed by atoms with van der Waals surface area (Å²) in [6, 6.07) is 14.0. The van der Waals surface area contributed by atoms with E-state index in [1.165, 1.54) is 0 Å². The number of hydrogen-bond donors (Lipinski definition) is 1. The zero-order chi connectivity index (χ0) is 13.9. The van der Waals surface area contributed by atoms with Crippen molar-refractivity contribution in [3.8, 4) is 5.75 Å². The van der Waals surface area contributed by atoms with Crippen LogP contribution in [0.25, 0.3) is 10.8 Å². The zero-order valence-electron chi connectivity index (χ0n) is 11.3. The van der Waals surface area contributed by atoms with Gasteiger partial charge in [0.25, 0.3) is 0 Å². The molecule has 0 aliphatic rings. The first-order valence-corrected chi connectivity index (χ1v) is 6.53. The van der Waals surface area contributed by atoms with Crippen molar-refractivity contribution in [3.63, 3.8) is 0 Å². The zero-order valence-corrected chi connectivity index (χ0v) is 11.3. The first kappa shape index (κ1) is 12.7. The van der Waals surface area contributed by atoms with Crippen LogP contribution < -0.4 is 10.5 Å². The van der Waals surface area contributed by atoms with Crippen molar-refractivity contribution < 1.29 is 9.26 Å². The highest BCUT2D eigenvalue weighted by atomic mass is 16.5. The third-order valence-electron chi connectivity index (χ3n) is 3.25. The summed E-state index contributed by atoms with van der Waals surface area (Å²) in [6.07, 6.45) is 0. The molecule has 4 heteroatoms. The Labute approximate surface area is 117 Å². The van der Waals surface area contributed by atoms with Gasteiger partial charge in [0.15, 0.2) is 0 Å². The van der Waals surface area contributed by atoms with E-state index in [0.29, 0.717) is 13.2 Å². The van der Waals surface area contributed by atoms with Gasteiger partial charge in [0.05, 0.1) is 0 Å². The smallest absolute Gasteiger partial charge is 0.134 e. The van der Waals surface area contributed by atoms with E-state index in [2.05, 4.69) is 17.3 Å². The number of aromatic nitrogens is 1. The van der Waals surface area contributed by atoms with Crippen LogP contribution in [-0.4, -0.2) is 5.16 Å². The topological polar surface area (TPSA) is 61.3 Å². The van der Waals surface area contributed by atoms with Gasteiger partial charge in [-0.1, -0.05) is 35.5 Å². The van der Waals surface area contributed by atoms with Crippen molar-refractivity contribution in [3.05, 3.63) is 59.5 Å². The van der Waals surface area contributed by atoms with Crippen LogP contribution in [0.3, 0.4) is 0 Å². The minimum Gasteiger partial charge on any atom is -0.487 e. The number of ether oxygens (including phenoxy) is 1. The van der Waals surface area contributed by atoms with Crippen LogP contribution >= 0.6 is 0 Å². The molecule has 0 unspecified atom stereocenters. The second-order valence-electron chi connectivity index (χ2n) is 4.69. The van der Waals surface area contributed by atoms with Crippen LogP contribution in [0, 0.1) is 6.92 Å². The maximum absolute atomic E-state index is 5.88. The molecule has 1 aromatic heterocycles. The molecule has 0 saturated carbocycles. The van der Waals surface area contributed by atoms with Gasteiger partial charge in [-0.2, -0.15) is 0 Å². The molecule has 20 heavy (non-hydrogen) atoms. The van der Waals surface area contributed by atoms with E-state index in [4.69, 9.17) is 15.0 Å². The second-order valence-corrected chi connectivity index (χ2v) is 4.69. The predicted molar refractivity (Wildman–Crippen MR) is 77.4 cm³/mol. The van der Waals surface area contributed by atoms with Gasteiger partial charge in [0, 0.05) is 18.2 Å². The summed E-state index contributed by atoms with van der Waals surface area (Å²) in [7, 11) is 0. The number of nitrogens with two attached hydrogens (primary N) is 1. The van der Waals surface area contributed by atoms with E-state index in [0.717, 1.165) is 33.5 Å². The van der Waals surface area contributed by atoms with E-state index >= 15 is 0 Å². The molecule has 0 spiro atoms. The van der Waals surface area contributed by atoms with Gasteiger partial charge in [-0.15, -0.1) is 0 Å². The molecule has 0 saturated heterocycles. The minimum atomic E-state index is 0.378. The average Bonchev–Trinajstić information content (AvgIpc) is 2.90. The molecular weight excluding hydrogens is 252 g/mol. The Balaban J connectivity index is 1.91. The molecule has 0 radical (unpaired) electrons. The Morgan fingerprint density at radius 3 is 2.80 bits per heavy atom. The molecule has 102 valence electrons. The summed E-state index contributed by atoms with van der Waals surface area (Å²) in [5, 5.41) is 6.21. The van der Waals surface area contributed by atoms with E-state index < -0.39 is 0 Å². The van der Waals surface area contributed by atoms with Gasteiger partial charge in [0.1, 0.15) is 23.8 Å². The molecule has 0 aliphatic heterocycles. The monoisotopic (exact) mass is 268 g/mol. The summed E-state index contributed by atoms with van der Waals surface area (Å²) in [4.78, 5) is 0. The fourth-order valence-corrected chi connectivity index (χ4v) is 2.30. The lowest BCUT2D eigenvalue weighted by atomic mass is 10.0. The van der Waals surface area contributed by atoms with E-state index in [9.17, 15) is 0 Å². The van der Waals surface area contributed by atoms with Crippen molar-refractivity contribution in [2.24, 2.45) is 5.73 Å². The number of benzene rings is 2. The number of aryl methyl sites for hydroxylation is 1. The van der Waals surface area contributed by atoms with Crippen LogP contribution in [0.4, 0.5) is 0 Å². The lowest BCUT2D eigenvalue weighted by Gasteiger charge is -2.12. The van der Waals surface area contributed by atoms with Crippen molar-refractivity contribution in [2.75, 3.05) is 0 Å². The second kappa shape index (κ2) is 5.35. The van der Waals surface area contributed by atoms with E-state index in [-0.39, 0.29) is 0 Å². The number of fused-ring (bicyclic) bond motifs is 1. The fraction of sp³-hybridized carbons (Fsp3) is 0.188. The summed E-state index contributed by atoms with van der Waals surface area (Å²) >= 11 is 0. The SMILES string of the molecule is Cc1cc(COc2ccc3ccccc3c2CN)no1. The molecule has 4 nitrogen and oxygen atoms in total. The van der Waals surface area contributed by atoms with Crippen LogP contribution in [0.2, 0.25) is 0 Å². The van der Waals surface area contributed by atoms with Crippen molar-refractivity contribution in [2.45, 2.75) is 20.1 Å². The first-order chi connectivity index (χ1) is 9.78. The van der Waals surface area contributed by atoms with Crippen LogP contribution in [-0.2, 0) is 13.2 Å². The number of hydrogen-bond acceptors (Lipinski definition) is 4. The van der Waals surface area contributed by atoms with E-state index in [1.807, 2.05) is 37.3 Å². The highest BCUT2D eigenvalue weighted by molar-refractivity contribution is 5.87. The molecule has 0 amide bonds. The summed E-state index contributed by atoms with van der Waals surface area (Å²) in [5.41, 5.74) is 7.67. The lowest BCUT2D eigenvalue weighted by Crippen LogP contribution is -2.03. The number of rotatable bonds is 4. The van der Waals surface area contributed by atoms with Gasteiger partial charge in [-0.25, -0.2) is 0 Å². The largest absolute Gasteiger partial charge is 0.487 e. The Hall–Kier alpha value is -2.33. The lowest BCUT2D eigenvalue weighted by molar-refractivity contribution is 0.286. The minimum absolute atomic E-state index is 0.378. The van der Waals surface area contributed by atoms with Gasteiger partial charge < -0.3 is 15.0 Å². The molecule has 3 rings (SSSR count). The maximum atomic E-state index is 5.88. The number of nitrogens with zero attached hydrogens (tertiary/aromatic N) is 1. The third kappa shape index (κ3) is 2.38. The van der Waals surface area contributed by atoms with E-state index in [1.54, 1.807) is 0 Å². The maximum Gasteiger partial charge on any atom is 0.134 e. The van der Waals surface area contributed by atoms with Gasteiger partial charge in [-0.3, -0.25) is 0 Å². The molecule has 0 bridgehead atoms. The Morgan fingerprint density at radius 1 is 1.20 bits per heavy atom. The normalized spacial score (nSPS) is 10.9. The summed E-state index contributed by atoms with van der Waals surface area (Å²) in [5.74, 6) is 1.58. The molecule has 0 atom stereocenters. The molecule has 0 aliphatic carbocycles. The predicted octanol–water partition coefficient (Wildman–Crippen LogP) is 3.17. The van der Waals surface area contributed by atoms with Crippen molar-refractivity contribution in [1.82, 2.24) is 5.16 Å². The van der Waals surface area contributed by atoms with Gasteiger partial charge in [-0.05, 0) is 23.8 Å². The standard InChI is InChI=1S/C16H16N2O2/c1-11-8-13(18-20-11)10-19-16-7-6-12-4-2-3-5-14(12)15(16)9-17/h2-8H,9-10,17H2,1H3. The molecule has 3 aromatic rings. The highest BCUT2D eigenvalue weighted by Crippen LogP contribution is 2.28. The fourth-order valence-electron chi connectivity index (χ4n) is 2.30. The van der Waals surface area contributed by atoms with Crippen molar-refractivity contribution in [1.29, 1.82) is 0 Å². The van der Waals surface area contributed by atoms with Crippen LogP contribution in [0.15, 0.2) is 47.0 Å². The summed E-state index contributed by atoms with van der Waals surface area (Å²) < 4.78 is 10.9. The highest BCUT2D eigenvalue weighted by Gasteiger charge is 2.08. The quantitative estimate of drug-likeness (QED) is 0.789. The van der Waals surface area contributed by atoms with Crippen LogP contribution in [0.5, 0.6) is 5.75 Å². The Morgan fingerprint density at radius 2 is 2.05 bits per heavy atom. The first-order valence-electron chi connectivity index (χ1n) is 6.53. The van der Waals surface area contributed by atoms with Gasteiger partial charge in [0.2, 0.25) is 0 Å². The Kier molecular flexibility index (Phi) is 3.39. The van der Waals surface area contributed by atoms with Crippen molar-refractivity contribution >= 4 is 10.8 Å². The van der Waals surface area contributed by atoms with Gasteiger partial charge >= 0.3 is 0 Å². The third-order valence-corrected chi connectivity index (χ3v) is 3.25.